The van der Waals surface area contributed by atoms with E-state index >= 15 is 0 Å². The van der Waals surface area contributed by atoms with E-state index in [1.807, 2.05) is 19.9 Å². The number of aliphatic hydroxyl groups is 1. The normalized spacial score (nSPS) is 15.1. The minimum absolute atomic E-state index is 0.173. The smallest absolute Gasteiger partial charge is 0.347 e. The number of aryl methyl sites for hydroxylation is 2. The van der Waals surface area contributed by atoms with Crippen LogP contribution in [0.3, 0.4) is 0 Å². The molecular weight excluding hydrogens is 368 g/mol. The van der Waals surface area contributed by atoms with Crippen LogP contribution in [0.15, 0.2) is 6.07 Å². The fraction of sp³-hybridized carbons (Fsp3) is 0.529. The van der Waals surface area contributed by atoms with E-state index in [1.54, 1.807) is 0 Å². The Morgan fingerprint density at radius 2 is 2.00 bits per heavy atom. The zero-order valence-electron chi connectivity index (χ0n) is 15.5. The first-order chi connectivity index (χ1) is 13.0. The maximum absolute atomic E-state index is 11.3. The number of aromatic carboxylic acids is 1. The number of carboxylic acid groups (broad SMARTS) is 1. The van der Waals surface area contributed by atoms with Gasteiger partial charge in [-0.15, -0.1) is 0 Å². The summed E-state index contributed by atoms with van der Waals surface area (Å²) in [6.07, 6.45) is 0.561. The molecule has 0 radical (unpaired) electrons. The van der Waals surface area contributed by atoms with Crippen molar-refractivity contribution in [2.45, 2.75) is 20.3 Å². The van der Waals surface area contributed by atoms with Crippen molar-refractivity contribution in [3.05, 3.63) is 22.5 Å². The van der Waals surface area contributed by atoms with Gasteiger partial charge < -0.3 is 20.4 Å². The number of anilines is 3. The number of nitrogens with zero attached hydrogens (tertiary/aromatic N) is 5. The molecule has 0 saturated carbocycles. The number of piperazine rings is 1. The molecule has 2 aromatic rings. The maximum Gasteiger partial charge on any atom is 0.347 e. The zero-order valence-corrected chi connectivity index (χ0v) is 16.3. The van der Waals surface area contributed by atoms with E-state index in [9.17, 15) is 9.90 Å². The number of carboxylic acids is 1. The molecule has 27 heavy (non-hydrogen) atoms. The van der Waals surface area contributed by atoms with Gasteiger partial charge in [0.25, 0.3) is 0 Å². The van der Waals surface area contributed by atoms with Gasteiger partial charge in [-0.25, -0.2) is 19.7 Å². The molecule has 10 heteroatoms. The topological polar surface area (TPSA) is 115 Å². The second-order valence-corrected chi connectivity index (χ2v) is 7.29. The van der Waals surface area contributed by atoms with Crippen LogP contribution in [0.5, 0.6) is 0 Å². The van der Waals surface area contributed by atoms with Gasteiger partial charge in [0, 0.05) is 38.8 Å². The Kier molecular flexibility index (Phi) is 6.19. The van der Waals surface area contributed by atoms with Crippen LogP contribution in [0.4, 0.5) is 16.8 Å². The third-order valence-corrected chi connectivity index (χ3v) is 5.40. The minimum atomic E-state index is -0.960. The number of carbonyl (C=O) groups is 1. The van der Waals surface area contributed by atoms with Gasteiger partial charge in [-0.3, -0.25) is 4.90 Å². The number of aliphatic hydroxyl groups excluding tert-OH is 1. The van der Waals surface area contributed by atoms with E-state index < -0.39 is 5.97 Å². The van der Waals surface area contributed by atoms with Gasteiger partial charge in [0.1, 0.15) is 22.3 Å². The summed E-state index contributed by atoms with van der Waals surface area (Å²) in [5, 5.41) is 22.0. The fourth-order valence-electron chi connectivity index (χ4n) is 3.04. The third-order valence-electron chi connectivity index (χ3n) is 4.40. The number of rotatable bonds is 7. The van der Waals surface area contributed by atoms with E-state index in [2.05, 4.69) is 30.1 Å². The lowest BCUT2D eigenvalue weighted by atomic mass is 10.3. The molecule has 3 heterocycles. The standard InChI is InChI=1S/C17H24N6O3S/c1-3-12-15(16(25)26)27-17(20-12)21-13-10-14(19-11(2)18-13)23-6-4-22(5-7-23)8-9-24/h10,24H,3-9H2,1-2H3,(H,25,26)(H,18,19,20,21). The van der Waals surface area contributed by atoms with Gasteiger partial charge in [-0.1, -0.05) is 18.3 Å². The first-order valence-corrected chi connectivity index (χ1v) is 9.75. The summed E-state index contributed by atoms with van der Waals surface area (Å²) in [6, 6.07) is 1.86. The molecule has 1 aliphatic heterocycles. The molecule has 3 rings (SSSR count). The van der Waals surface area contributed by atoms with Crippen molar-refractivity contribution in [2.75, 3.05) is 49.5 Å². The van der Waals surface area contributed by atoms with E-state index in [0.717, 1.165) is 43.3 Å². The van der Waals surface area contributed by atoms with Crippen molar-refractivity contribution in [1.82, 2.24) is 19.9 Å². The molecule has 0 bridgehead atoms. The summed E-state index contributed by atoms with van der Waals surface area (Å²) < 4.78 is 0. The second-order valence-electron chi connectivity index (χ2n) is 6.29. The van der Waals surface area contributed by atoms with Crippen molar-refractivity contribution in [2.24, 2.45) is 0 Å². The van der Waals surface area contributed by atoms with E-state index in [0.29, 0.717) is 35.4 Å². The zero-order chi connectivity index (χ0) is 19.4. The monoisotopic (exact) mass is 392 g/mol. The first kappa shape index (κ1) is 19.5. The Hall–Kier alpha value is -2.30. The summed E-state index contributed by atoms with van der Waals surface area (Å²) in [7, 11) is 0. The van der Waals surface area contributed by atoms with Crippen LogP contribution in [-0.2, 0) is 6.42 Å². The highest BCUT2D eigenvalue weighted by atomic mass is 32.1. The molecule has 0 aromatic carbocycles. The average molecular weight is 392 g/mol. The Morgan fingerprint density at radius 3 is 2.59 bits per heavy atom. The molecule has 146 valence electrons. The lowest BCUT2D eigenvalue weighted by molar-refractivity contribution is 0.0700. The molecule has 0 amide bonds. The van der Waals surface area contributed by atoms with E-state index in [4.69, 9.17) is 5.11 Å². The quantitative estimate of drug-likeness (QED) is 0.642. The number of hydrogen-bond donors (Lipinski definition) is 3. The van der Waals surface area contributed by atoms with Gasteiger partial charge in [-0.2, -0.15) is 0 Å². The molecule has 1 aliphatic rings. The lowest BCUT2D eigenvalue weighted by Gasteiger charge is -2.35. The highest BCUT2D eigenvalue weighted by molar-refractivity contribution is 7.17. The Morgan fingerprint density at radius 1 is 1.26 bits per heavy atom. The Bertz CT molecular complexity index is 804. The SMILES string of the molecule is CCc1nc(Nc2cc(N3CCN(CCO)CC3)nc(C)n2)sc1C(=O)O. The van der Waals surface area contributed by atoms with Crippen LogP contribution in [0.1, 0.15) is 28.1 Å². The van der Waals surface area contributed by atoms with Gasteiger partial charge in [0.15, 0.2) is 5.13 Å². The van der Waals surface area contributed by atoms with Gasteiger partial charge in [-0.05, 0) is 13.3 Å². The number of hydrogen-bond acceptors (Lipinski definition) is 9. The summed E-state index contributed by atoms with van der Waals surface area (Å²) >= 11 is 1.11. The summed E-state index contributed by atoms with van der Waals surface area (Å²) in [6.45, 7) is 7.99. The Balaban J connectivity index is 1.75. The van der Waals surface area contributed by atoms with Crippen molar-refractivity contribution in [3.8, 4) is 0 Å². The van der Waals surface area contributed by atoms with Crippen LogP contribution >= 0.6 is 11.3 Å². The summed E-state index contributed by atoms with van der Waals surface area (Å²) in [4.78, 5) is 29.3. The fourth-order valence-corrected chi connectivity index (χ4v) is 3.94. The van der Waals surface area contributed by atoms with Crippen LogP contribution in [-0.4, -0.2) is 75.4 Å². The van der Waals surface area contributed by atoms with Gasteiger partial charge >= 0.3 is 5.97 Å². The number of thiazole rings is 1. The van der Waals surface area contributed by atoms with Crippen LogP contribution in [0, 0.1) is 6.92 Å². The highest BCUT2D eigenvalue weighted by Gasteiger charge is 2.20. The molecule has 0 aliphatic carbocycles. The van der Waals surface area contributed by atoms with Crippen molar-refractivity contribution in [3.63, 3.8) is 0 Å². The Labute approximate surface area is 161 Å². The predicted molar refractivity (Wildman–Crippen MR) is 104 cm³/mol. The maximum atomic E-state index is 11.3. The number of aromatic nitrogens is 3. The van der Waals surface area contributed by atoms with E-state index in [-0.39, 0.29) is 11.5 Å². The molecule has 2 aromatic heterocycles. The van der Waals surface area contributed by atoms with Crippen molar-refractivity contribution >= 4 is 34.1 Å². The molecule has 1 fully saturated rings. The highest BCUT2D eigenvalue weighted by Crippen LogP contribution is 2.27. The average Bonchev–Trinajstić information content (AvgIpc) is 3.05. The van der Waals surface area contributed by atoms with Crippen molar-refractivity contribution in [1.29, 1.82) is 0 Å². The first-order valence-electron chi connectivity index (χ1n) is 8.94. The summed E-state index contributed by atoms with van der Waals surface area (Å²) in [5.41, 5.74) is 0.570. The third kappa shape index (κ3) is 4.71. The number of β-amino-alcohol motifs (C(OH)–C–C–N with tert-alkyl or cyclic N) is 1. The van der Waals surface area contributed by atoms with E-state index in [1.165, 1.54) is 0 Å². The molecule has 1 saturated heterocycles. The van der Waals surface area contributed by atoms with Crippen molar-refractivity contribution < 1.29 is 15.0 Å². The van der Waals surface area contributed by atoms with Gasteiger partial charge in [0.05, 0.1) is 12.3 Å². The molecular formula is C17H24N6O3S. The summed E-state index contributed by atoms with van der Waals surface area (Å²) in [5.74, 6) is 1.11. The molecule has 0 atom stereocenters. The van der Waals surface area contributed by atoms with Crippen LogP contribution in [0.25, 0.3) is 0 Å². The second kappa shape index (κ2) is 8.59. The minimum Gasteiger partial charge on any atom is -0.477 e. The molecule has 0 unspecified atom stereocenters. The number of nitrogens with one attached hydrogen (secondary N) is 1. The largest absolute Gasteiger partial charge is 0.477 e. The lowest BCUT2D eigenvalue weighted by Crippen LogP contribution is -2.47. The van der Waals surface area contributed by atoms with Gasteiger partial charge in [0.2, 0.25) is 0 Å². The van der Waals surface area contributed by atoms with Crippen LogP contribution in [0.2, 0.25) is 0 Å². The predicted octanol–water partition coefficient (Wildman–Crippen LogP) is 1.36. The molecule has 3 N–H and O–H groups in total. The van der Waals surface area contributed by atoms with Crippen LogP contribution < -0.4 is 10.2 Å². The molecule has 0 spiro atoms. The molecule has 9 nitrogen and oxygen atoms in total.